The van der Waals surface area contributed by atoms with Crippen LogP contribution < -0.4 is 10.9 Å². The van der Waals surface area contributed by atoms with Gasteiger partial charge in [0.05, 0.1) is 0 Å². The van der Waals surface area contributed by atoms with Crippen molar-refractivity contribution in [3.63, 3.8) is 0 Å². The number of amidine groups is 1. The van der Waals surface area contributed by atoms with Gasteiger partial charge >= 0.3 is 0 Å². The quantitative estimate of drug-likeness (QED) is 0.812. The van der Waals surface area contributed by atoms with Crippen LogP contribution in [0, 0.1) is 0 Å². The highest BCUT2D eigenvalue weighted by atomic mass is 35.5. The van der Waals surface area contributed by atoms with Crippen molar-refractivity contribution in [3.05, 3.63) is 15.9 Å². The van der Waals surface area contributed by atoms with Gasteiger partial charge in [0.2, 0.25) is 0 Å². The molecule has 1 aromatic heterocycles. The van der Waals surface area contributed by atoms with Gasteiger partial charge in [-0.1, -0.05) is 30.1 Å². The van der Waals surface area contributed by atoms with E-state index in [-0.39, 0.29) is 5.95 Å². The van der Waals surface area contributed by atoms with E-state index < -0.39 is 0 Å². The Labute approximate surface area is 110 Å². The molecule has 7 heteroatoms. The third kappa shape index (κ3) is 2.86. The lowest BCUT2D eigenvalue weighted by Crippen LogP contribution is -2.29. The van der Waals surface area contributed by atoms with Gasteiger partial charge in [-0.15, -0.1) is 0 Å². The molecule has 2 heterocycles. The molecule has 1 fully saturated rings. The second kappa shape index (κ2) is 5.16. The van der Waals surface area contributed by atoms with Crippen molar-refractivity contribution in [2.75, 3.05) is 0 Å². The van der Waals surface area contributed by atoms with E-state index in [1.165, 1.54) is 0 Å². The Morgan fingerprint density at radius 3 is 2.47 bits per heavy atom. The molecule has 2 rings (SSSR count). The van der Waals surface area contributed by atoms with Crippen LogP contribution >= 0.6 is 23.2 Å². The van der Waals surface area contributed by atoms with Gasteiger partial charge in [0.25, 0.3) is 5.95 Å². The molecule has 0 bridgehead atoms. The number of nitrogens with one attached hydrogen (secondary N) is 2. The summed E-state index contributed by atoms with van der Waals surface area (Å²) >= 11 is 12.0. The van der Waals surface area contributed by atoms with Crippen LogP contribution in [0.15, 0.2) is 4.99 Å². The minimum atomic E-state index is 0.288. The third-order valence-electron chi connectivity index (χ3n) is 2.45. The van der Waals surface area contributed by atoms with Crippen molar-refractivity contribution < 1.29 is 0 Å². The Bertz CT molecular complexity index is 437. The molecule has 1 atom stereocenters. The first-order valence-corrected chi connectivity index (χ1v) is 6.16. The summed E-state index contributed by atoms with van der Waals surface area (Å²) in [7, 11) is 0. The standard InChI is InChI=1S/C10H13Cl2N5/c1-3-6-8(11)14-10(15-9(6)12)13-7-4-5(2)16-17-7/h5,16H,3-4H2,1-2H3,(H,13,14,15,17). The summed E-state index contributed by atoms with van der Waals surface area (Å²) in [6, 6.07) is 0.342. The third-order valence-corrected chi connectivity index (χ3v) is 3.07. The molecule has 0 spiro atoms. The predicted molar refractivity (Wildman–Crippen MR) is 68.9 cm³/mol. The number of hydrogen-bond donors (Lipinski definition) is 2. The van der Waals surface area contributed by atoms with Crippen LogP contribution in [0.2, 0.25) is 10.3 Å². The number of hydrazine groups is 1. The van der Waals surface area contributed by atoms with Gasteiger partial charge in [-0.2, -0.15) is 15.0 Å². The number of aliphatic imine (C=N–C) groups is 1. The van der Waals surface area contributed by atoms with Gasteiger partial charge in [0.1, 0.15) is 16.1 Å². The molecule has 0 aromatic carbocycles. The Balaban J connectivity index is 2.28. The molecule has 0 radical (unpaired) electrons. The second-order valence-electron chi connectivity index (χ2n) is 3.87. The summed E-state index contributed by atoms with van der Waals surface area (Å²) in [6.07, 6.45) is 1.50. The summed E-state index contributed by atoms with van der Waals surface area (Å²) in [6.45, 7) is 4.00. The van der Waals surface area contributed by atoms with E-state index in [1.807, 2.05) is 6.92 Å². The second-order valence-corrected chi connectivity index (χ2v) is 4.59. The van der Waals surface area contributed by atoms with Gasteiger partial charge < -0.3 is 5.43 Å². The van der Waals surface area contributed by atoms with Gasteiger partial charge in [-0.05, 0) is 13.3 Å². The number of hydrogen-bond acceptors (Lipinski definition) is 4. The molecule has 1 aliphatic rings. The van der Waals surface area contributed by atoms with Crippen molar-refractivity contribution in [3.8, 4) is 0 Å². The van der Waals surface area contributed by atoms with Crippen molar-refractivity contribution in [1.29, 1.82) is 0 Å². The largest absolute Gasteiger partial charge is 0.309 e. The van der Waals surface area contributed by atoms with E-state index in [0.29, 0.717) is 22.8 Å². The van der Waals surface area contributed by atoms with E-state index in [2.05, 4.69) is 32.7 Å². The highest BCUT2D eigenvalue weighted by Gasteiger charge is 2.16. The van der Waals surface area contributed by atoms with Crippen LogP contribution in [0.3, 0.4) is 0 Å². The average Bonchev–Trinajstić information content (AvgIpc) is 2.63. The molecule has 1 aliphatic heterocycles. The Morgan fingerprint density at radius 1 is 1.35 bits per heavy atom. The van der Waals surface area contributed by atoms with Gasteiger partial charge in [-0.3, -0.25) is 0 Å². The number of aromatic nitrogens is 2. The smallest absolute Gasteiger partial charge is 0.253 e. The molecule has 0 amide bonds. The summed E-state index contributed by atoms with van der Waals surface area (Å²) in [5.41, 5.74) is 6.75. The topological polar surface area (TPSA) is 62.2 Å². The van der Waals surface area contributed by atoms with E-state index in [9.17, 15) is 0 Å². The highest BCUT2D eigenvalue weighted by Crippen LogP contribution is 2.24. The van der Waals surface area contributed by atoms with Crippen LogP contribution in [-0.4, -0.2) is 21.8 Å². The molecule has 5 nitrogen and oxygen atoms in total. The van der Waals surface area contributed by atoms with Crippen LogP contribution in [0.1, 0.15) is 25.8 Å². The molecule has 0 aliphatic carbocycles. The highest BCUT2D eigenvalue weighted by molar-refractivity contribution is 6.34. The van der Waals surface area contributed by atoms with Gasteiger partial charge in [0.15, 0.2) is 0 Å². The number of nitrogens with zero attached hydrogens (tertiary/aromatic N) is 3. The molecular formula is C10H13Cl2N5. The molecule has 0 saturated carbocycles. The van der Waals surface area contributed by atoms with Crippen molar-refractivity contribution in [1.82, 2.24) is 20.8 Å². The number of rotatable bonds is 2. The lowest BCUT2D eigenvalue weighted by atomic mass is 10.2. The molecule has 2 N–H and O–H groups in total. The van der Waals surface area contributed by atoms with Crippen molar-refractivity contribution in [2.24, 2.45) is 4.99 Å². The van der Waals surface area contributed by atoms with Gasteiger partial charge in [-0.25, -0.2) is 5.43 Å². The van der Waals surface area contributed by atoms with Crippen LogP contribution in [0.25, 0.3) is 0 Å². The van der Waals surface area contributed by atoms with Crippen LogP contribution in [0.5, 0.6) is 0 Å². The zero-order chi connectivity index (χ0) is 12.4. The van der Waals surface area contributed by atoms with Gasteiger partial charge in [0, 0.05) is 18.0 Å². The maximum Gasteiger partial charge on any atom is 0.253 e. The first kappa shape index (κ1) is 12.5. The minimum Gasteiger partial charge on any atom is -0.309 e. The normalized spacial score (nSPS) is 21.9. The zero-order valence-corrected chi connectivity index (χ0v) is 11.1. The fourth-order valence-corrected chi connectivity index (χ4v) is 2.20. The fourth-order valence-electron chi connectivity index (χ4n) is 1.56. The van der Waals surface area contributed by atoms with Crippen LogP contribution in [-0.2, 0) is 6.42 Å². The Morgan fingerprint density at radius 2 is 2.00 bits per heavy atom. The van der Waals surface area contributed by atoms with Crippen LogP contribution in [0.4, 0.5) is 5.95 Å². The summed E-state index contributed by atoms with van der Waals surface area (Å²) < 4.78 is 0. The Hall–Kier alpha value is -0.910. The molecule has 1 aromatic rings. The van der Waals surface area contributed by atoms with E-state index >= 15 is 0 Å². The van der Waals surface area contributed by atoms with E-state index in [1.54, 1.807) is 0 Å². The molecule has 92 valence electrons. The number of halogens is 2. The molecule has 1 saturated heterocycles. The average molecular weight is 274 g/mol. The van der Waals surface area contributed by atoms with E-state index in [0.717, 1.165) is 17.8 Å². The molecule has 17 heavy (non-hydrogen) atoms. The molecular weight excluding hydrogens is 261 g/mol. The maximum atomic E-state index is 6.01. The van der Waals surface area contributed by atoms with Crippen molar-refractivity contribution >= 4 is 35.0 Å². The minimum absolute atomic E-state index is 0.288. The predicted octanol–water partition coefficient (Wildman–Crippen LogP) is 2.26. The lowest BCUT2D eigenvalue weighted by Gasteiger charge is -2.03. The maximum absolute atomic E-state index is 6.01. The molecule has 1 unspecified atom stereocenters. The lowest BCUT2D eigenvalue weighted by molar-refractivity contribution is 0.602. The summed E-state index contributed by atoms with van der Waals surface area (Å²) in [5.74, 6) is 1.07. The first-order chi connectivity index (χ1) is 8.10. The Kier molecular flexibility index (Phi) is 3.81. The zero-order valence-electron chi connectivity index (χ0n) is 9.59. The monoisotopic (exact) mass is 273 g/mol. The fraction of sp³-hybridized carbons (Fsp3) is 0.500. The SMILES string of the molecule is CCc1c(Cl)nc(/N=C2/CC(C)NN2)nc1Cl. The van der Waals surface area contributed by atoms with Crippen molar-refractivity contribution in [2.45, 2.75) is 32.7 Å². The van der Waals surface area contributed by atoms with E-state index in [4.69, 9.17) is 23.2 Å². The first-order valence-electron chi connectivity index (χ1n) is 5.41. The summed E-state index contributed by atoms with van der Waals surface area (Å²) in [5, 5.41) is 0.733. The summed E-state index contributed by atoms with van der Waals surface area (Å²) in [4.78, 5) is 12.5.